The third kappa shape index (κ3) is 3.15. The van der Waals surface area contributed by atoms with E-state index in [0.717, 1.165) is 33.0 Å². The van der Waals surface area contributed by atoms with Crippen LogP contribution in [0.4, 0.5) is 0 Å². The zero-order valence-electron chi connectivity index (χ0n) is 20.8. The fraction of sp³-hybridized carbons (Fsp3) is 0.0556. The Labute approximate surface area is 222 Å². The number of hydrogen-bond donors (Lipinski definition) is 2. The first-order valence-corrected chi connectivity index (χ1v) is 12.9. The molecule has 182 valence electrons. The second kappa shape index (κ2) is 8.53. The molecule has 2 unspecified atom stereocenters. The molecule has 0 bridgehead atoms. The van der Waals surface area contributed by atoms with Crippen molar-refractivity contribution < 1.29 is 10.2 Å². The van der Waals surface area contributed by atoms with E-state index in [1.807, 2.05) is 97.1 Å². The number of benzene rings is 6. The lowest BCUT2D eigenvalue weighted by Crippen LogP contribution is -2.44. The fourth-order valence-electron chi connectivity index (χ4n) is 6.19. The lowest BCUT2D eigenvalue weighted by Gasteiger charge is -2.45. The highest BCUT2D eigenvalue weighted by molar-refractivity contribution is 5.97. The highest BCUT2D eigenvalue weighted by atomic mass is 16.3. The molecule has 1 aliphatic rings. The first kappa shape index (κ1) is 22.7. The minimum Gasteiger partial charge on any atom is -0.376 e. The van der Waals surface area contributed by atoms with Crippen molar-refractivity contribution in [2.45, 2.75) is 11.2 Å². The largest absolute Gasteiger partial charge is 0.376 e. The Bertz CT molecular complexity index is 1790. The molecule has 6 aromatic carbocycles. The minimum atomic E-state index is -1.45. The molecule has 0 radical (unpaired) electrons. The van der Waals surface area contributed by atoms with E-state index in [1.54, 1.807) is 0 Å². The Kier molecular flexibility index (Phi) is 5.09. The van der Waals surface area contributed by atoms with E-state index in [-0.39, 0.29) is 0 Å². The van der Waals surface area contributed by atoms with E-state index in [2.05, 4.69) is 48.5 Å². The van der Waals surface area contributed by atoms with Crippen LogP contribution in [-0.4, -0.2) is 10.2 Å². The predicted molar refractivity (Wildman–Crippen MR) is 153 cm³/mol. The van der Waals surface area contributed by atoms with Crippen LogP contribution in [0.25, 0.3) is 21.9 Å². The molecule has 0 saturated heterocycles. The highest BCUT2D eigenvalue weighted by Gasteiger charge is 2.50. The van der Waals surface area contributed by atoms with Gasteiger partial charge in [-0.1, -0.05) is 140 Å². The van der Waals surface area contributed by atoms with Gasteiger partial charge in [0, 0.05) is 0 Å². The molecule has 0 amide bonds. The Morgan fingerprint density at radius 2 is 0.895 bits per heavy atom. The molecule has 38 heavy (non-hydrogen) atoms. The average Bonchev–Trinajstić information content (AvgIpc) is 3.00. The van der Waals surface area contributed by atoms with E-state index in [1.165, 1.54) is 0 Å². The summed E-state index contributed by atoms with van der Waals surface area (Å²) in [5, 5.41) is 27.8. The van der Waals surface area contributed by atoms with E-state index in [9.17, 15) is 10.2 Å². The maximum Gasteiger partial charge on any atom is 0.141 e. The Morgan fingerprint density at radius 1 is 0.395 bits per heavy atom. The van der Waals surface area contributed by atoms with Gasteiger partial charge in [-0.25, -0.2) is 0 Å². The summed E-state index contributed by atoms with van der Waals surface area (Å²) in [5.41, 5.74) is 3.45. The molecule has 0 fully saturated rings. The Hall–Kier alpha value is -4.50. The van der Waals surface area contributed by atoms with E-state index in [0.29, 0.717) is 22.3 Å². The van der Waals surface area contributed by atoms with Gasteiger partial charge in [-0.3, -0.25) is 0 Å². The molecule has 0 aromatic heterocycles. The quantitative estimate of drug-likeness (QED) is 0.272. The van der Waals surface area contributed by atoms with Crippen LogP contribution in [0, 0.1) is 0 Å². The Balaban J connectivity index is 1.59. The lowest BCUT2D eigenvalue weighted by molar-refractivity contribution is 0.0748. The zero-order valence-corrected chi connectivity index (χ0v) is 20.8. The van der Waals surface area contributed by atoms with Gasteiger partial charge in [0.2, 0.25) is 0 Å². The molecule has 0 saturated carbocycles. The van der Waals surface area contributed by atoms with E-state index in [4.69, 9.17) is 0 Å². The maximum absolute atomic E-state index is 12.8. The Morgan fingerprint density at radius 3 is 1.55 bits per heavy atom. The van der Waals surface area contributed by atoms with E-state index < -0.39 is 11.2 Å². The second-order valence-electron chi connectivity index (χ2n) is 9.99. The van der Waals surface area contributed by atoms with Gasteiger partial charge in [0.1, 0.15) is 11.2 Å². The molecule has 1 aliphatic carbocycles. The molecule has 0 spiro atoms. The molecule has 2 heteroatoms. The fourth-order valence-corrected chi connectivity index (χ4v) is 6.19. The van der Waals surface area contributed by atoms with Crippen molar-refractivity contribution >= 4 is 10.8 Å². The third-order valence-electron chi connectivity index (χ3n) is 7.99. The smallest absolute Gasteiger partial charge is 0.141 e. The maximum atomic E-state index is 12.8. The molecular formula is C36H26O2. The SMILES string of the molecule is OC1(c2ccccc2)c2ccccc2C(O)(c2ccccc2)c2cc(-c3cccc4ccccc34)ccc21. The highest BCUT2D eigenvalue weighted by Crippen LogP contribution is 2.53. The van der Waals surface area contributed by atoms with Gasteiger partial charge in [-0.2, -0.15) is 0 Å². The van der Waals surface area contributed by atoms with E-state index >= 15 is 0 Å². The molecule has 6 aromatic rings. The first-order valence-electron chi connectivity index (χ1n) is 12.9. The predicted octanol–water partition coefficient (Wildman–Crippen LogP) is 7.39. The molecule has 2 atom stereocenters. The van der Waals surface area contributed by atoms with Crippen LogP contribution in [0.3, 0.4) is 0 Å². The summed E-state index contributed by atoms with van der Waals surface area (Å²) in [4.78, 5) is 0. The van der Waals surface area contributed by atoms with Crippen molar-refractivity contribution in [3.63, 3.8) is 0 Å². The summed E-state index contributed by atoms with van der Waals surface area (Å²) in [6.07, 6.45) is 0. The monoisotopic (exact) mass is 490 g/mol. The van der Waals surface area contributed by atoms with Crippen molar-refractivity contribution in [3.8, 4) is 11.1 Å². The summed E-state index contributed by atoms with van der Waals surface area (Å²) in [7, 11) is 0. The zero-order chi connectivity index (χ0) is 25.7. The normalized spacial score (nSPS) is 20.1. The summed E-state index contributed by atoms with van der Waals surface area (Å²) in [6, 6.07) is 48.0. The number of rotatable bonds is 3. The number of fused-ring (bicyclic) bond motifs is 3. The standard InChI is InChI=1S/C36H26O2/c37-35(27-14-3-1-4-15-27)31-20-9-10-21-32(31)36(38,28-16-5-2-6-17-28)34-24-26(22-23-33(34)35)30-19-11-13-25-12-7-8-18-29(25)30/h1-24,37-38H. The summed E-state index contributed by atoms with van der Waals surface area (Å²) >= 11 is 0. The van der Waals surface area contributed by atoms with Crippen LogP contribution < -0.4 is 0 Å². The molecular weight excluding hydrogens is 464 g/mol. The minimum absolute atomic E-state index is 0.678. The van der Waals surface area contributed by atoms with Crippen LogP contribution in [0.5, 0.6) is 0 Å². The number of aliphatic hydroxyl groups is 2. The van der Waals surface area contributed by atoms with Crippen LogP contribution in [0.15, 0.2) is 146 Å². The van der Waals surface area contributed by atoms with Gasteiger partial charge < -0.3 is 10.2 Å². The van der Waals surface area contributed by atoms with Crippen molar-refractivity contribution in [2.75, 3.05) is 0 Å². The summed E-state index contributed by atoms with van der Waals surface area (Å²) in [5.74, 6) is 0. The van der Waals surface area contributed by atoms with Gasteiger partial charge in [0.25, 0.3) is 0 Å². The van der Waals surface area contributed by atoms with Crippen molar-refractivity contribution in [1.82, 2.24) is 0 Å². The van der Waals surface area contributed by atoms with Gasteiger partial charge >= 0.3 is 0 Å². The van der Waals surface area contributed by atoms with Crippen molar-refractivity contribution in [3.05, 3.63) is 179 Å². The van der Waals surface area contributed by atoms with Crippen molar-refractivity contribution in [1.29, 1.82) is 0 Å². The topological polar surface area (TPSA) is 40.5 Å². The van der Waals surface area contributed by atoms with Crippen LogP contribution >= 0.6 is 0 Å². The van der Waals surface area contributed by atoms with Crippen molar-refractivity contribution in [2.24, 2.45) is 0 Å². The molecule has 2 nitrogen and oxygen atoms in total. The molecule has 2 N–H and O–H groups in total. The van der Waals surface area contributed by atoms with Crippen LogP contribution in [0.2, 0.25) is 0 Å². The van der Waals surface area contributed by atoms with Gasteiger partial charge in [-0.15, -0.1) is 0 Å². The van der Waals surface area contributed by atoms with Gasteiger partial charge in [0.15, 0.2) is 0 Å². The van der Waals surface area contributed by atoms with Gasteiger partial charge in [-0.05, 0) is 61.3 Å². The first-order chi connectivity index (χ1) is 18.6. The van der Waals surface area contributed by atoms with Gasteiger partial charge in [0.05, 0.1) is 0 Å². The molecule has 0 heterocycles. The third-order valence-corrected chi connectivity index (χ3v) is 7.99. The number of hydrogen-bond acceptors (Lipinski definition) is 2. The van der Waals surface area contributed by atoms with Crippen LogP contribution in [-0.2, 0) is 11.2 Å². The lowest BCUT2D eigenvalue weighted by atomic mass is 9.63. The summed E-state index contributed by atoms with van der Waals surface area (Å²) in [6.45, 7) is 0. The second-order valence-corrected chi connectivity index (χ2v) is 9.99. The average molecular weight is 491 g/mol. The molecule has 0 aliphatic heterocycles. The summed E-state index contributed by atoms with van der Waals surface area (Å²) < 4.78 is 0. The van der Waals surface area contributed by atoms with Crippen LogP contribution in [0.1, 0.15) is 33.4 Å². The molecule has 7 rings (SSSR count).